The van der Waals surface area contributed by atoms with Crippen LogP contribution in [0.25, 0.3) is 0 Å². The Morgan fingerprint density at radius 3 is 1.22 bits per heavy atom. The molecular weight excluding hydrogens is 779 g/mol. The van der Waals surface area contributed by atoms with E-state index in [1.54, 1.807) is 0 Å². The summed E-state index contributed by atoms with van der Waals surface area (Å²) in [5, 5.41) is 58.2. The van der Waals surface area contributed by atoms with Gasteiger partial charge >= 0.3 is 16.5 Å². The van der Waals surface area contributed by atoms with Crippen LogP contribution in [0.2, 0.25) is 0 Å². The number of carboxylic acids is 2. The molecule has 0 unspecified atom stereocenters. The Labute approximate surface area is 354 Å². The fourth-order valence-corrected chi connectivity index (χ4v) is 5.97. The van der Waals surface area contributed by atoms with Crippen LogP contribution in [0.4, 0.5) is 11.4 Å². The molecule has 0 amide bonds. The number of carboxylic acid groups (broad SMARTS) is 2. The van der Waals surface area contributed by atoms with E-state index in [1.165, 1.54) is 59.4 Å². The van der Waals surface area contributed by atoms with Crippen LogP contribution >= 0.6 is 0 Å². The van der Waals surface area contributed by atoms with Crippen molar-refractivity contribution in [2.24, 2.45) is 9.98 Å². The van der Waals surface area contributed by atoms with E-state index in [1.807, 2.05) is 13.8 Å². The molecule has 4 N–H and O–H groups in total. The monoisotopic (exact) mass is 838 g/mol. The van der Waals surface area contributed by atoms with Crippen molar-refractivity contribution in [3.8, 4) is 23.0 Å². The van der Waals surface area contributed by atoms with Crippen molar-refractivity contribution in [2.75, 3.05) is 0 Å². The Balaban J connectivity index is 0.000000485. The van der Waals surface area contributed by atoms with Crippen LogP contribution in [-0.2, 0) is 29.3 Å². The zero-order valence-electron chi connectivity index (χ0n) is 35.2. The van der Waals surface area contributed by atoms with Crippen LogP contribution in [0.15, 0.2) is 70.6 Å². The number of unbranched alkanes of at least 4 members (excludes halogenated alkanes) is 3. The van der Waals surface area contributed by atoms with E-state index < -0.39 is 34.9 Å². The van der Waals surface area contributed by atoms with Crippen LogP contribution in [0.1, 0.15) is 140 Å². The number of aromatic hydroxyl groups is 4. The Morgan fingerprint density at radius 2 is 0.897 bits per heavy atom. The van der Waals surface area contributed by atoms with E-state index in [0.717, 1.165) is 67.7 Å². The zero-order valence-corrected chi connectivity index (χ0v) is 36.2. The first kappa shape index (κ1) is 50.9. The summed E-state index contributed by atoms with van der Waals surface area (Å²) in [6, 6.07) is 18.5. The average Bonchev–Trinajstić information content (AvgIpc) is 3.16. The molecule has 0 bridgehead atoms. The third kappa shape index (κ3) is 15.7. The molecule has 0 saturated heterocycles. The van der Waals surface area contributed by atoms with Crippen molar-refractivity contribution in [2.45, 2.75) is 126 Å². The number of benzene rings is 4. The van der Waals surface area contributed by atoms with Gasteiger partial charge in [0, 0.05) is 11.1 Å². The van der Waals surface area contributed by atoms with Crippen molar-refractivity contribution in [3.05, 3.63) is 105 Å². The molecule has 0 spiro atoms. The van der Waals surface area contributed by atoms with Gasteiger partial charge < -0.3 is 40.2 Å². The smallest absolute Gasteiger partial charge is 0.545 e. The van der Waals surface area contributed by atoms with Gasteiger partial charge in [-0.05, 0) is 136 Å². The number of aryl methyl sites for hydroxylation is 6. The van der Waals surface area contributed by atoms with Gasteiger partial charge in [0.05, 0.1) is 34.7 Å². The van der Waals surface area contributed by atoms with Crippen LogP contribution in [0.5, 0.6) is 23.0 Å². The van der Waals surface area contributed by atoms with Gasteiger partial charge in [-0.2, -0.15) is 0 Å². The van der Waals surface area contributed by atoms with E-state index in [9.17, 15) is 30.0 Å². The SMILES string of the molecule is CCCCCC(=Nc1ccc(C)c(C)c1)C(CCCC)=Nc1ccc(C)c(C)c1.CCCc1ccc(O)c(O)c1C(=O)[O-].CCCc1ccc(O)c(O)c1C(=O)[O-].[Ni+2]. The maximum absolute atomic E-state index is 10.7. The van der Waals surface area contributed by atoms with Crippen LogP contribution in [-0.4, -0.2) is 43.8 Å². The molecule has 0 aliphatic carbocycles. The van der Waals surface area contributed by atoms with E-state index in [0.29, 0.717) is 24.0 Å². The number of aromatic carboxylic acids is 2. The average molecular weight is 840 g/mol. The van der Waals surface area contributed by atoms with Crippen molar-refractivity contribution in [1.29, 1.82) is 0 Å². The second-order valence-corrected chi connectivity index (χ2v) is 14.2. The van der Waals surface area contributed by atoms with E-state index >= 15 is 0 Å². The largest absolute Gasteiger partial charge is 2.00 e. The number of aliphatic imine (C=N–C) groups is 2. The second kappa shape index (κ2) is 26.0. The Kier molecular flexibility index (Phi) is 22.8. The van der Waals surface area contributed by atoms with Gasteiger partial charge in [0.25, 0.3) is 0 Å². The van der Waals surface area contributed by atoms with E-state index in [4.69, 9.17) is 20.2 Å². The fraction of sp³-hybridized carbons (Fsp3) is 0.404. The molecule has 0 atom stereocenters. The zero-order chi connectivity index (χ0) is 42.7. The summed E-state index contributed by atoms with van der Waals surface area (Å²) in [5.74, 6) is -5.05. The maximum atomic E-state index is 10.7. The van der Waals surface area contributed by atoms with Crippen molar-refractivity contribution >= 4 is 34.7 Å². The summed E-state index contributed by atoms with van der Waals surface area (Å²) < 4.78 is 0. The number of hydrogen-bond acceptors (Lipinski definition) is 10. The molecule has 58 heavy (non-hydrogen) atoms. The number of phenolic OH excluding ortho intramolecular Hbond substituents is 2. The molecule has 0 aromatic heterocycles. The standard InChI is InChI=1S/C27H38N2.2C10H12O4.Ni/c1-7-9-11-13-27(29-25-17-15-21(4)23(6)19-25)26(12-10-8-2)28-24-16-14-20(3)22(5)18-24;2*1-2-3-6-4-5-7(11)9(12)8(6)10(13)14;/h14-19H,7-13H2,1-6H3;2*4-5,11-12H,2-3H2,1H3,(H,13,14);/q;;;+2/p-2. The summed E-state index contributed by atoms with van der Waals surface area (Å²) in [4.78, 5) is 31.6. The molecule has 4 rings (SSSR count). The summed E-state index contributed by atoms with van der Waals surface area (Å²) in [6.07, 6.45) is 10.5. The number of carbonyl (C=O) groups is 2. The van der Waals surface area contributed by atoms with Gasteiger partial charge in [0.1, 0.15) is 0 Å². The van der Waals surface area contributed by atoms with Gasteiger partial charge in [-0.1, -0.05) is 84.1 Å². The number of hydrogen-bond donors (Lipinski definition) is 4. The van der Waals surface area contributed by atoms with Crippen LogP contribution in [0, 0.1) is 27.7 Å². The van der Waals surface area contributed by atoms with Gasteiger partial charge in [-0.15, -0.1) is 0 Å². The number of phenols is 4. The molecule has 0 saturated carbocycles. The Bertz CT molecular complexity index is 1950. The topological polar surface area (TPSA) is 186 Å². The minimum Gasteiger partial charge on any atom is -0.545 e. The minimum absolute atomic E-state index is 0. The number of rotatable bonds is 16. The molecule has 0 heterocycles. The molecule has 11 heteroatoms. The fourth-order valence-electron chi connectivity index (χ4n) is 5.97. The third-order valence-corrected chi connectivity index (χ3v) is 9.56. The molecule has 316 valence electrons. The summed E-state index contributed by atoms with van der Waals surface area (Å²) in [5.41, 5.74) is 9.94. The van der Waals surface area contributed by atoms with Crippen LogP contribution < -0.4 is 10.2 Å². The van der Waals surface area contributed by atoms with Crippen molar-refractivity contribution in [1.82, 2.24) is 0 Å². The number of nitrogens with zero attached hydrogens (tertiary/aromatic N) is 2. The second-order valence-electron chi connectivity index (χ2n) is 14.2. The first-order chi connectivity index (χ1) is 27.1. The molecule has 0 aliphatic heterocycles. The Morgan fingerprint density at radius 1 is 0.517 bits per heavy atom. The summed E-state index contributed by atoms with van der Waals surface area (Å²) in [7, 11) is 0. The Hall–Kier alpha value is -5.15. The van der Waals surface area contributed by atoms with Gasteiger partial charge in [0.15, 0.2) is 23.0 Å². The third-order valence-electron chi connectivity index (χ3n) is 9.56. The maximum Gasteiger partial charge on any atom is 2.00 e. The summed E-state index contributed by atoms with van der Waals surface area (Å²) in [6.45, 7) is 16.9. The first-order valence-electron chi connectivity index (χ1n) is 19.9. The molecular formula is C47H60N2NiO8. The molecule has 4 aromatic rings. The minimum atomic E-state index is -1.47. The molecule has 4 aromatic carbocycles. The van der Waals surface area contributed by atoms with Gasteiger partial charge in [-0.3, -0.25) is 9.98 Å². The predicted molar refractivity (Wildman–Crippen MR) is 226 cm³/mol. The number of carbonyl (C=O) groups excluding carboxylic acids is 2. The molecule has 10 nitrogen and oxygen atoms in total. The quantitative estimate of drug-likeness (QED) is 0.0372. The first-order valence-corrected chi connectivity index (χ1v) is 19.9. The summed E-state index contributed by atoms with van der Waals surface area (Å²) >= 11 is 0. The molecule has 0 fully saturated rings. The van der Waals surface area contributed by atoms with Gasteiger partial charge in [0.2, 0.25) is 0 Å². The van der Waals surface area contributed by atoms with Crippen LogP contribution in [0.3, 0.4) is 0 Å². The predicted octanol–water partition coefficient (Wildman–Crippen LogP) is 9.36. The van der Waals surface area contributed by atoms with E-state index in [-0.39, 0.29) is 27.6 Å². The van der Waals surface area contributed by atoms with E-state index in [2.05, 4.69) is 77.9 Å². The van der Waals surface area contributed by atoms with Gasteiger partial charge in [-0.25, -0.2) is 0 Å². The van der Waals surface area contributed by atoms with Crippen molar-refractivity contribution < 1.29 is 56.7 Å². The molecule has 0 radical (unpaired) electrons. The van der Waals surface area contributed by atoms with Crippen molar-refractivity contribution in [3.63, 3.8) is 0 Å². The normalized spacial score (nSPS) is 11.1. The molecule has 0 aliphatic rings.